The van der Waals surface area contributed by atoms with Crippen LogP contribution >= 0.6 is 0 Å². The van der Waals surface area contributed by atoms with Crippen LogP contribution in [0.5, 0.6) is 5.75 Å². The molecule has 0 saturated carbocycles. The van der Waals surface area contributed by atoms with E-state index in [-0.39, 0.29) is 17.7 Å². The van der Waals surface area contributed by atoms with Gasteiger partial charge in [0.25, 0.3) is 5.91 Å². The number of benzene rings is 4. The third-order valence-electron chi connectivity index (χ3n) is 10.4. The van der Waals surface area contributed by atoms with Gasteiger partial charge in [0.2, 0.25) is 5.91 Å². The van der Waals surface area contributed by atoms with E-state index >= 15 is 0 Å². The summed E-state index contributed by atoms with van der Waals surface area (Å²) in [5.74, 6) is 1.37. The van der Waals surface area contributed by atoms with Gasteiger partial charge in [0.1, 0.15) is 5.75 Å². The van der Waals surface area contributed by atoms with Gasteiger partial charge in [-0.05, 0) is 93.0 Å². The second-order valence-electron chi connectivity index (χ2n) is 14.6. The van der Waals surface area contributed by atoms with E-state index in [0.717, 1.165) is 96.1 Å². The molecule has 0 atom stereocenters. The Hall–Kier alpha value is -4.50. The van der Waals surface area contributed by atoms with Crippen LogP contribution in [-0.2, 0) is 17.9 Å². The summed E-state index contributed by atoms with van der Waals surface area (Å²) in [6, 6.07) is 37.1. The fraction of sp³-hybridized carbons (Fsp3) is 0.409. The van der Waals surface area contributed by atoms with Crippen molar-refractivity contribution in [3.63, 3.8) is 0 Å². The molecule has 2 aliphatic heterocycles. The number of carbonyl (C=O) groups excluding carboxylic acids is 2. The summed E-state index contributed by atoms with van der Waals surface area (Å²) in [6.45, 7) is 9.03. The van der Waals surface area contributed by atoms with Crippen molar-refractivity contribution in [2.75, 3.05) is 73.1 Å². The number of nitrogens with one attached hydrogen (secondary N) is 1. The van der Waals surface area contributed by atoms with Gasteiger partial charge >= 0.3 is 0 Å². The third kappa shape index (κ3) is 10.8. The minimum absolute atomic E-state index is 0.0608. The number of hydrogen-bond acceptors (Lipinski definition) is 6. The minimum Gasteiger partial charge on any atom is -0.494 e. The van der Waals surface area contributed by atoms with E-state index in [2.05, 4.69) is 93.6 Å². The maximum atomic E-state index is 13.5. The highest BCUT2D eigenvalue weighted by atomic mass is 16.5. The van der Waals surface area contributed by atoms with Crippen molar-refractivity contribution in [1.82, 2.24) is 24.9 Å². The molecule has 6 rings (SSSR count). The zero-order valence-electron chi connectivity index (χ0n) is 31.0. The zero-order chi connectivity index (χ0) is 36.1. The largest absolute Gasteiger partial charge is 0.494 e. The molecule has 4 aromatic rings. The van der Waals surface area contributed by atoms with E-state index in [1.54, 1.807) is 0 Å². The lowest BCUT2D eigenvalue weighted by Gasteiger charge is -2.38. The molecule has 0 spiro atoms. The number of hydrogen-bond donors (Lipinski definition) is 1. The molecule has 0 unspecified atom stereocenters. The molecule has 52 heavy (non-hydrogen) atoms. The van der Waals surface area contributed by atoms with Crippen LogP contribution in [0.3, 0.4) is 0 Å². The highest BCUT2D eigenvalue weighted by molar-refractivity contribution is 5.94. The Bertz CT molecular complexity index is 1640. The molecule has 0 radical (unpaired) electrons. The predicted octanol–water partition coefficient (Wildman–Crippen LogP) is 6.14. The number of carbonyl (C=O) groups is 2. The number of ether oxygens (including phenoxy) is 1. The lowest BCUT2D eigenvalue weighted by Crippen LogP contribution is -2.51. The second-order valence-corrected chi connectivity index (χ2v) is 14.6. The topological polar surface area (TPSA) is 68.4 Å². The summed E-state index contributed by atoms with van der Waals surface area (Å²) in [5.41, 5.74) is 5.44. The standard InChI is InChI=1S/C44H55N5O3/c1-46(2)23-10-30-52-41-19-17-35(18-20-41)33-47-24-21-39(22-25-47)44(51)49-28-26-48(27-29-49)34-36-11-9-16-40(31-36)43(50)45-32-42(37-12-5-3-6-13-37)38-14-7-4-8-15-38/h3-9,11-20,31,39,42H,10,21-30,32-34H2,1-2H3,(H,45,50). The van der Waals surface area contributed by atoms with Crippen LogP contribution in [0.1, 0.15) is 57.8 Å². The normalized spacial score (nSPS) is 16.0. The van der Waals surface area contributed by atoms with E-state index < -0.39 is 0 Å². The number of likely N-dealkylation sites (tertiary alicyclic amines) is 1. The van der Waals surface area contributed by atoms with Gasteiger partial charge in [0.15, 0.2) is 0 Å². The maximum Gasteiger partial charge on any atom is 0.251 e. The van der Waals surface area contributed by atoms with Crippen molar-refractivity contribution in [1.29, 1.82) is 0 Å². The summed E-state index contributed by atoms with van der Waals surface area (Å²) >= 11 is 0. The fourth-order valence-corrected chi connectivity index (χ4v) is 7.41. The molecule has 0 aliphatic carbocycles. The molecule has 2 aliphatic rings. The number of amides is 2. The molecule has 0 bridgehead atoms. The van der Waals surface area contributed by atoms with Gasteiger partial charge in [-0.1, -0.05) is 84.9 Å². The van der Waals surface area contributed by atoms with Gasteiger partial charge in [0.05, 0.1) is 6.61 Å². The lowest BCUT2D eigenvalue weighted by atomic mass is 9.91. The monoisotopic (exact) mass is 701 g/mol. The Labute approximate surface area is 310 Å². The molecule has 2 saturated heterocycles. The SMILES string of the molecule is CN(C)CCCOc1ccc(CN2CCC(C(=O)N3CCN(Cc4cccc(C(=O)NCC(c5ccccc5)c5ccccc5)c4)CC3)CC2)cc1. The van der Waals surface area contributed by atoms with Crippen LogP contribution in [0.4, 0.5) is 0 Å². The first-order valence-corrected chi connectivity index (χ1v) is 19.0. The Morgan fingerprint density at radius 1 is 0.731 bits per heavy atom. The Morgan fingerprint density at radius 2 is 1.35 bits per heavy atom. The van der Waals surface area contributed by atoms with Crippen LogP contribution in [0.25, 0.3) is 0 Å². The Morgan fingerprint density at radius 3 is 1.98 bits per heavy atom. The lowest BCUT2D eigenvalue weighted by molar-refractivity contribution is -0.139. The average molecular weight is 702 g/mol. The molecule has 8 heteroatoms. The maximum absolute atomic E-state index is 13.5. The van der Waals surface area contributed by atoms with Crippen LogP contribution in [0, 0.1) is 5.92 Å². The van der Waals surface area contributed by atoms with Crippen molar-refractivity contribution in [3.8, 4) is 5.75 Å². The smallest absolute Gasteiger partial charge is 0.251 e. The van der Waals surface area contributed by atoms with Crippen LogP contribution in [-0.4, -0.2) is 104 Å². The summed E-state index contributed by atoms with van der Waals surface area (Å²) in [6.07, 6.45) is 2.85. The average Bonchev–Trinajstić information content (AvgIpc) is 3.18. The molecule has 4 aromatic carbocycles. The first kappa shape index (κ1) is 37.3. The van der Waals surface area contributed by atoms with E-state index in [4.69, 9.17) is 4.74 Å². The van der Waals surface area contributed by atoms with Crippen LogP contribution < -0.4 is 10.1 Å². The number of rotatable bonds is 15. The van der Waals surface area contributed by atoms with Crippen molar-refractivity contribution < 1.29 is 14.3 Å². The Kier molecular flexibility index (Phi) is 13.5. The molecule has 274 valence electrons. The molecule has 2 fully saturated rings. The first-order valence-electron chi connectivity index (χ1n) is 19.0. The van der Waals surface area contributed by atoms with Crippen LogP contribution in [0.15, 0.2) is 109 Å². The summed E-state index contributed by atoms with van der Waals surface area (Å²) in [4.78, 5) is 35.9. The van der Waals surface area contributed by atoms with E-state index in [1.165, 1.54) is 16.7 Å². The van der Waals surface area contributed by atoms with Gasteiger partial charge < -0.3 is 19.9 Å². The second kappa shape index (κ2) is 18.8. The summed E-state index contributed by atoms with van der Waals surface area (Å²) in [7, 11) is 4.16. The van der Waals surface area contributed by atoms with Crippen LogP contribution in [0.2, 0.25) is 0 Å². The van der Waals surface area contributed by atoms with E-state index in [1.807, 2.05) is 54.6 Å². The Balaban J connectivity index is 0.916. The molecular formula is C44H55N5O3. The number of nitrogens with zero attached hydrogens (tertiary/aromatic N) is 4. The number of piperidine rings is 1. The van der Waals surface area contributed by atoms with Crippen molar-refractivity contribution in [3.05, 3.63) is 137 Å². The predicted molar refractivity (Wildman–Crippen MR) is 208 cm³/mol. The van der Waals surface area contributed by atoms with Gasteiger partial charge in [-0.25, -0.2) is 0 Å². The van der Waals surface area contributed by atoms with Crippen molar-refractivity contribution >= 4 is 11.8 Å². The third-order valence-corrected chi connectivity index (χ3v) is 10.4. The van der Waals surface area contributed by atoms with E-state index in [9.17, 15) is 9.59 Å². The summed E-state index contributed by atoms with van der Waals surface area (Å²) in [5, 5.41) is 3.20. The van der Waals surface area contributed by atoms with Crippen molar-refractivity contribution in [2.24, 2.45) is 5.92 Å². The van der Waals surface area contributed by atoms with Gasteiger partial charge in [0, 0.05) is 69.8 Å². The molecular weight excluding hydrogens is 647 g/mol. The highest BCUT2D eigenvalue weighted by Crippen LogP contribution is 2.25. The van der Waals surface area contributed by atoms with Crippen molar-refractivity contribution in [2.45, 2.75) is 38.3 Å². The summed E-state index contributed by atoms with van der Waals surface area (Å²) < 4.78 is 5.89. The van der Waals surface area contributed by atoms with Gasteiger partial charge in [-0.2, -0.15) is 0 Å². The molecule has 8 nitrogen and oxygen atoms in total. The molecule has 2 heterocycles. The first-order chi connectivity index (χ1) is 25.4. The zero-order valence-corrected chi connectivity index (χ0v) is 31.0. The molecule has 2 amide bonds. The van der Waals surface area contributed by atoms with E-state index in [0.29, 0.717) is 18.0 Å². The molecule has 1 N–H and O–H groups in total. The van der Waals surface area contributed by atoms with Gasteiger partial charge in [-0.15, -0.1) is 0 Å². The fourth-order valence-electron chi connectivity index (χ4n) is 7.41. The highest BCUT2D eigenvalue weighted by Gasteiger charge is 2.30. The molecule has 0 aromatic heterocycles. The van der Waals surface area contributed by atoms with Gasteiger partial charge in [-0.3, -0.25) is 19.4 Å². The number of piperazine rings is 1. The minimum atomic E-state index is -0.0608. The quantitative estimate of drug-likeness (QED) is 0.151.